The van der Waals surface area contributed by atoms with Gasteiger partial charge in [-0.3, -0.25) is 24.4 Å². The number of ketones is 2. The SMILES string of the molecule is COCCN1CCC(C(=O)NO)(S(=O)(=O)c2ccc(N3CCC(C(=O)c4ccc(C=C(C)C)s4)CC3)cc2)CC1.COCCN1CCC(C(=O)NOC2CCCCO2)(S(=O)(=O)c2ccc(N3CCC(C(=O)c4ccc(C=C(C)C)s4)CC3)cc2)CC1.[I][V]([I])[I].[I][V][I]. The maximum absolute atomic E-state index is 14.3. The number of hydrogen-bond donors (Lipinski definition) is 3. The van der Waals surface area contributed by atoms with E-state index in [0.29, 0.717) is 101 Å². The summed E-state index contributed by atoms with van der Waals surface area (Å²) in [6, 6.07) is 21.3. The third kappa shape index (κ3) is 23.1. The maximum atomic E-state index is 14.3. The van der Waals surface area contributed by atoms with Gasteiger partial charge in [0, 0.05) is 126 Å². The van der Waals surface area contributed by atoms with Gasteiger partial charge in [-0.1, -0.05) is 11.1 Å². The first-order valence-corrected chi connectivity index (χ1v) is 57.9. The quantitative estimate of drug-likeness (QED) is 0.0287. The van der Waals surface area contributed by atoms with Crippen LogP contribution >= 0.6 is 123 Å². The zero-order valence-electron chi connectivity index (χ0n) is 53.3. The van der Waals surface area contributed by atoms with E-state index in [4.69, 9.17) is 19.0 Å². The molecule has 4 aromatic rings. The van der Waals surface area contributed by atoms with Gasteiger partial charge in [0.2, 0.25) is 0 Å². The summed E-state index contributed by atoms with van der Waals surface area (Å²) in [7, 11) is -4.29. The number of hydroxylamine groups is 2. The number of carbonyl (C=O) groups is 4. The van der Waals surface area contributed by atoms with Crippen LogP contribution in [0.3, 0.4) is 0 Å². The molecule has 515 valence electrons. The van der Waals surface area contributed by atoms with E-state index >= 15 is 0 Å². The van der Waals surface area contributed by atoms with Crippen LogP contribution in [-0.4, -0.2) is 170 Å². The Kier molecular flexibility index (Phi) is 35.4. The molecule has 7 heterocycles. The number of halogens is 5. The predicted octanol–water partition coefficient (Wildman–Crippen LogP) is 13.6. The zero-order chi connectivity index (χ0) is 67.9. The molecular formula is C63H86I5N6O13S4V2. The molecule has 1 atom stereocenters. The molecule has 0 spiro atoms. The average Bonchev–Trinajstić information content (AvgIpc) is 1.18. The van der Waals surface area contributed by atoms with Gasteiger partial charge in [-0.15, -0.1) is 22.7 Å². The van der Waals surface area contributed by atoms with Crippen molar-refractivity contribution in [2.24, 2.45) is 11.8 Å². The number of piperidine rings is 4. The molecule has 2 amide bonds. The topological polar surface area (TPSA) is 231 Å². The van der Waals surface area contributed by atoms with Crippen molar-refractivity contribution in [2.45, 2.75) is 124 Å². The predicted molar refractivity (Wildman–Crippen MR) is 406 cm³/mol. The monoisotopic (exact) mass is 2000 g/mol. The first kappa shape index (κ1) is 81.6. The van der Waals surface area contributed by atoms with Crippen LogP contribution in [0.4, 0.5) is 11.4 Å². The van der Waals surface area contributed by atoms with Crippen molar-refractivity contribution in [1.29, 1.82) is 0 Å². The van der Waals surface area contributed by atoms with Gasteiger partial charge in [-0.25, -0.2) is 32.6 Å². The van der Waals surface area contributed by atoms with E-state index in [1.165, 1.54) is 22.5 Å². The summed E-state index contributed by atoms with van der Waals surface area (Å²) < 4.78 is 68.6. The van der Waals surface area contributed by atoms with Crippen molar-refractivity contribution >= 4 is 189 Å². The molecule has 19 nitrogen and oxygen atoms in total. The van der Waals surface area contributed by atoms with Crippen molar-refractivity contribution in [1.82, 2.24) is 20.8 Å². The number of methoxy groups -OCH3 is 2. The second-order valence-corrected chi connectivity index (χ2v) is 77.7. The number of sulfone groups is 2. The third-order valence-corrected chi connectivity index (χ3v) is 24.4. The van der Waals surface area contributed by atoms with Gasteiger partial charge in [0.25, 0.3) is 11.8 Å². The van der Waals surface area contributed by atoms with Gasteiger partial charge in [-0.2, -0.15) is 0 Å². The number of benzene rings is 2. The number of Topliss-reactive ketones (excluding diaryl/α,β-unsaturated/α-hetero) is 2. The van der Waals surface area contributed by atoms with Crippen LogP contribution in [0.5, 0.6) is 0 Å². The Morgan fingerprint density at radius 2 is 0.989 bits per heavy atom. The molecular weight excluding hydrogens is 1910 g/mol. The fraction of sp³-hybridized carbons (Fsp3) is 0.556. The molecule has 0 bridgehead atoms. The summed E-state index contributed by atoms with van der Waals surface area (Å²) in [5.41, 5.74) is 8.25. The molecule has 5 saturated heterocycles. The number of nitrogens with zero attached hydrogens (tertiary/aromatic N) is 4. The van der Waals surface area contributed by atoms with Crippen LogP contribution in [-0.2, 0) is 62.7 Å². The molecule has 3 N–H and O–H groups in total. The van der Waals surface area contributed by atoms with E-state index in [1.807, 2.05) is 64.1 Å². The van der Waals surface area contributed by atoms with Crippen LogP contribution in [0.2, 0.25) is 0 Å². The third-order valence-electron chi connectivity index (χ3n) is 17.3. The second-order valence-electron chi connectivity index (χ2n) is 23.8. The number of anilines is 2. The Bertz CT molecular complexity index is 3320. The van der Waals surface area contributed by atoms with Gasteiger partial charge < -0.3 is 33.8 Å². The number of likely N-dealkylation sites (tertiary alicyclic amines) is 2. The Hall–Kier alpha value is -0.361. The summed E-state index contributed by atoms with van der Waals surface area (Å²) in [4.78, 5) is 70.5. The summed E-state index contributed by atoms with van der Waals surface area (Å²) in [6.07, 6.45) is 9.47. The standard InChI is InChI=1S/C34H47N3O7S2.C29H39N3O6S2.5HI.2V/c1-25(2)24-28-9-12-30(45-28)32(38)26-13-17-37(18-14-26)27-7-10-29(11-8-27)46(40,41)34(15-19-36(20-16-34)21-23-42-3)33(39)35-44-31-6-4-5-22-43-31;1-21(2)20-24-6-9-26(39-24)27(33)22-10-14-32(15-11-22)23-4-7-25(8-5-23)40(36,37)29(28(34)30-35)12-16-31(17-13-29)18-19-38-3;;;;;;;/h7-12,24,26,31H,4-6,13-23H2,1-3H3,(H,35,39);4-9,20,22,35H,10-19H2,1-3H3,(H,30,34);5*1H;;/q;;;;;;;+2;+3/p-5. The minimum atomic E-state index is -4.08. The van der Waals surface area contributed by atoms with E-state index in [9.17, 15) is 41.2 Å². The van der Waals surface area contributed by atoms with Crippen LogP contribution in [0.25, 0.3) is 12.2 Å². The fourth-order valence-corrected chi connectivity index (χ4v) is 18.2. The molecule has 30 heteroatoms. The van der Waals surface area contributed by atoms with Gasteiger partial charge in [0.1, 0.15) is 0 Å². The van der Waals surface area contributed by atoms with Gasteiger partial charge in [-0.05, 0) is 177 Å². The van der Waals surface area contributed by atoms with E-state index in [2.05, 4.69) is 137 Å². The number of thiophene rings is 2. The van der Waals surface area contributed by atoms with E-state index in [1.54, 1.807) is 67.4 Å². The molecule has 1 unspecified atom stereocenters. The van der Waals surface area contributed by atoms with Gasteiger partial charge in [0.15, 0.2) is 47.0 Å². The summed E-state index contributed by atoms with van der Waals surface area (Å²) in [6.45, 7) is 15.6. The molecule has 2 aromatic carbocycles. The van der Waals surface area contributed by atoms with Gasteiger partial charge >= 0.3 is 114 Å². The number of carbonyl (C=O) groups excluding carboxylic acids is 4. The normalized spacial score (nSPS) is 18.9. The summed E-state index contributed by atoms with van der Waals surface area (Å²) in [5.74, 6) is -1.20. The van der Waals surface area contributed by atoms with Crippen molar-refractivity contribution in [3.05, 3.63) is 103 Å². The molecule has 5 fully saturated rings. The summed E-state index contributed by atoms with van der Waals surface area (Å²) in [5, 5.41) is 9.42. The molecule has 2 aromatic heterocycles. The number of rotatable bonds is 22. The fourth-order valence-electron chi connectivity index (χ4n) is 12.1. The molecule has 5 aliphatic rings. The van der Waals surface area contributed by atoms with Gasteiger partial charge in [0.05, 0.1) is 32.8 Å². The van der Waals surface area contributed by atoms with E-state index in [0.717, 1.165) is 69.4 Å². The molecule has 5 aliphatic heterocycles. The van der Waals surface area contributed by atoms with E-state index < -0.39 is 47.3 Å². The number of ether oxygens (including phenoxy) is 3. The number of hydrogen-bond acceptors (Lipinski definition) is 19. The molecule has 0 aliphatic carbocycles. The average molecular weight is 2000 g/mol. The summed E-state index contributed by atoms with van der Waals surface area (Å²) >= 11 is 15.2. The Morgan fingerprint density at radius 3 is 1.32 bits per heavy atom. The van der Waals surface area contributed by atoms with E-state index in [-0.39, 0.29) is 63.8 Å². The van der Waals surface area contributed by atoms with Crippen molar-refractivity contribution in [2.75, 3.05) is 109 Å². The second kappa shape index (κ2) is 40.3. The number of amides is 2. The van der Waals surface area contributed by atoms with Crippen LogP contribution in [0.15, 0.2) is 93.7 Å². The first-order chi connectivity index (χ1) is 44.4. The van der Waals surface area contributed by atoms with Crippen molar-refractivity contribution in [3.63, 3.8) is 0 Å². The van der Waals surface area contributed by atoms with Crippen molar-refractivity contribution in [3.8, 4) is 0 Å². The Labute approximate surface area is 624 Å². The molecule has 0 saturated carbocycles. The Morgan fingerprint density at radius 1 is 0.613 bits per heavy atom. The minimum absolute atomic E-state index is 0.0246. The number of nitrogens with one attached hydrogen (secondary N) is 2. The van der Waals surface area contributed by atoms with Crippen LogP contribution in [0, 0.1) is 11.8 Å². The Balaban J connectivity index is 0.000000270. The zero-order valence-corrected chi connectivity index (χ0v) is 70.2. The van der Waals surface area contributed by atoms with Crippen LogP contribution in [0.1, 0.15) is 127 Å². The number of allylic oxidation sites excluding steroid dienone is 2. The molecule has 93 heavy (non-hydrogen) atoms. The van der Waals surface area contributed by atoms with Crippen LogP contribution < -0.4 is 20.8 Å². The van der Waals surface area contributed by atoms with Crippen molar-refractivity contribution < 1.29 is 74.7 Å². The molecule has 0 radical (unpaired) electrons. The first-order valence-electron chi connectivity index (χ1n) is 30.8. The molecule has 9 rings (SSSR count).